The molecular formula is C11H14F2O3. The number of aliphatic hydroxyl groups is 1. The summed E-state index contributed by atoms with van der Waals surface area (Å²) in [6.45, 7) is 0.494. The van der Waals surface area contributed by atoms with Crippen LogP contribution in [0.2, 0.25) is 0 Å². The molecule has 1 rings (SSSR count). The Labute approximate surface area is 92.6 Å². The highest BCUT2D eigenvalue weighted by atomic mass is 19.3. The number of rotatable bonds is 5. The Morgan fingerprint density at radius 2 is 1.69 bits per heavy atom. The third-order valence-electron chi connectivity index (χ3n) is 1.72. The second-order valence-corrected chi connectivity index (χ2v) is 3.52. The number of hydrogen-bond donors (Lipinski definition) is 1. The lowest BCUT2D eigenvalue weighted by atomic mass is 10.2. The number of hydrogen-bond acceptors (Lipinski definition) is 3. The van der Waals surface area contributed by atoms with E-state index in [2.05, 4.69) is 4.74 Å². The Bertz CT molecular complexity index is 312. The van der Waals surface area contributed by atoms with Gasteiger partial charge in [-0.3, -0.25) is 0 Å². The average molecular weight is 232 g/mol. The fourth-order valence-electron chi connectivity index (χ4n) is 1.23. The lowest BCUT2D eigenvalue weighted by Gasteiger charge is -2.13. The van der Waals surface area contributed by atoms with Gasteiger partial charge in [0.25, 0.3) is 0 Å². The Hall–Kier alpha value is -1.36. The molecule has 3 nitrogen and oxygen atoms in total. The van der Waals surface area contributed by atoms with Crippen LogP contribution in [0.3, 0.4) is 0 Å². The van der Waals surface area contributed by atoms with Crippen molar-refractivity contribution in [3.8, 4) is 11.5 Å². The lowest BCUT2D eigenvalue weighted by molar-refractivity contribution is -0.0500. The van der Waals surface area contributed by atoms with E-state index >= 15 is 0 Å². The third kappa shape index (κ3) is 4.02. The molecule has 0 bridgehead atoms. The van der Waals surface area contributed by atoms with Gasteiger partial charge in [0, 0.05) is 6.07 Å². The van der Waals surface area contributed by atoms with Crippen LogP contribution in [0.15, 0.2) is 18.2 Å². The summed E-state index contributed by atoms with van der Waals surface area (Å²) >= 11 is 0. The summed E-state index contributed by atoms with van der Waals surface area (Å²) in [6.07, 6.45) is -0.0756. The van der Waals surface area contributed by atoms with Crippen molar-refractivity contribution in [1.82, 2.24) is 0 Å². The SMILES string of the molecule is CC(C)Oc1cc(CO)cc(OC(F)F)c1. The maximum absolute atomic E-state index is 12.0. The second kappa shape index (κ2) is 5.65. The Kier molecular flexibility index (Phi) is 4.49. The van der Waals surface area contributed by atoms with E-state index in [1.54, 1.807) is 6.07 Å². The zero-order chi connectivity index (χ0) is 12.1. The monoisotopic (exact) mass is 232 g/mol. The number of aliphatic hydroxyl groups excluding tert-OH is 1. The summed E-state index contributed by atoms with van der Waals surface area (Å²) in [5.74, 6) is 0.384. The van der Waals surface area contributed by atoms with Gasteiger partial charge in [-0.05, 0) is 31.5 Å². The molecule has 0 heterocycles. The molecule has 1 aromatic rings. The summed E-state index contributed by atoms with van der Waals surface area (Å²) in [7, 11) is 0. The van der Waals surface area contributed by atoms with Crippen LogP contribution in [0.25, 0.3) is 0 Å². The first kappa shape index (κ1) is 12.7. The van der Waals surface area contributed by atoms with Gasteiger partial charge in [-0.1, -0.05) is 0 Å². The summed E-state index contributed by atoms with van der Waals surface area (Å²) in [6, 6.07) is 4.29. The third-order valence-corrected chi connectivity index (χ3v) is 1.72. The van der Waals surface area contributed by atoms with E-state index in [4.69, 9.17) is 9.84 Å². The molecule has 0 amide bonds. The van der Waals surface area contributed by atoms with Crippen LogP contribution in [0.5, 0.6) is 11.5 Å². The van der Waals surface area contributed by atoms with Gasteiger partial charge in [-0.2, -0.15) is 8.78 Å². The minimum atomic E-state index is -2.89. The van der Waals surface area contributed by atoms with E-state index in [-0.39, 0.29) is 18.5 Å². The van der Waals surface area contributed by atoms with E-state index in [0.717, 1.165) is 0 Å². The van der Waals surface area contributed by atoms with Gasteiger partial charge in [0.15, 0.2) is 0 Å². The fourth-order valence-corrected chi connectivity index (χ4v) is 1.23. The molecule has 0 aliphatic heterocycles. The predicted octanol–water partition coefficient (Wildman–Crippen LogP) is 2.57. The van der Waals surface area contributed by atoms with E-state index in [1.807, 2.05) is 13.8 Å². The van der Waals surface area contributed by atoms with Gasteiger partial charge in [-0.25, -0.2) is 0 Å². The highest BCUT2D eigenvalue weighted by Gasteiger charge is 2.08. The molecule has 0 aliphatic rings. The van der Waals surface area contributed by atoms with Crippen molar-refractivity contribution >= 4 is 0 Å². The highest BCUT2D eigenvalue weighted by Crippen LogP contribution is 2.25. The fraction of sp³-hybridized carbons (Fsp3) is 0.455. The van der Waals surface area contributed by atoms with E-state index in [0.29, 0.717) is 11.3 Å². The number of alkyl halides is 2. The number of ether oxygens (including phenoxy) is 2. The molecule has 0 aliphatic carbocycles. The van der Waals surface area contributed by atoms with Gasteiger partial charge < -0.3 is 14.6 Å². The first-order valence-corrected chi connectivity index (χ1v) is 4.87. The molecule has 0 fully saturated rings. The first-order chi connectivity index (χ1) is 7.51. The standard InChI is InChI=1S/C11H14F2O3/c1-7(2)15-9-3-8(6-14)4-10(5-9)16-11(12)13/h3-5,7,11,14H,6H2,1-2H3. The maximum atomic E-state index is 12.0. The Balaban J connectivity index is 2.91. The molecule has 0 saturated carbocycles. The highest BCUT2D eigenvalue weighted by molar-refractivity contribution is 5.38. The van der Waals surface area contributed by atoms with Crippen molar-refractivity contribution in [3.63, 3.8) is 0 Å². The molecule has 5 heteroatoms. The predicted molar refractivity (Wildman–Crippen MR) is 54.8 cm³/mol. The van der Waals surface area contributed by atoms with Crippen LogP contribution in [0, 0.1) is 0 Å². The van der Waals surface area contributed by atoms with Crippen LogP contribution in [0.4, 0.5) is 8.78 Å². The second-order valence-electron chi connectivity index (χ2n) is 3.52. The van der Waals surface area contributed by atoms with Gasteiger partial charge in [0.2, 0.25) is 0 Å². The van der Waals surface area contributed by atoms with E-state index in [9.17, 15) is 8.78 Å². The van der Waals surface area contributed by atoms with E-state index < -0.39 is 6.61 Å². The van der Waals surface area contributed by atoms with Crippen LogP contribution >= 0.6 is 0 Å². The van der Waals surface area contributed by atoms with Crippen LogP contribution in [-0.4, -0.2) is 17.8 Å². The minimum Gasteiger partial charge on any atom is -0.491 e. The summed E-state index contributed by atoms with van der Waals surface area (Å²) < 4.78 is 33.6. The van der Waals surface area contributed by atoms with Gasteiger partial charge in [0.1, 0.15) is 11.5 Å². The van der Waals surface area contributed by atoms with E-state index in [1.165, 1.54) is 12.1 Å². The van der Waals surface area contributed by atoms with Crippen molar-refractivity contribution in [3.05, 3.63) is 23.8 Å². The molecule has 16 heavy (non-hydrogen) atoms. The normalized spacial score (nSPS) is 10.9. The van der Waals surface area contributed by atoms with Gasteiger partial charge in [0.05, 0.1) is 12.7 Å². The van der Waals surface area contributed by atoms with Crippen molar-refractivity contribution < 1.29 is 23.4 Å². The summed E-state index contributed by atoms with van der Waals surface area (Å²) in [4.78, 5) is 0. The number of benzene rings is 1. The molecule has 1 N–H and O–H groups in total. The van der Waals surface area contributed by atoms with Crippen LogP contribution in [0.1, 0.15) is 19.4 Å². The summed E-state index contributed by atoms with van der Waals surface area (Å²) in [5.41, 5.74) is 0.466. The molecule has 0 unspecified atom stereocenters. The van der Waals surface area contributed by atoms with Crippen LogP contribution < -0.4 is 9.47 Å². The molecule has 90 valence electrons. The van der Waals surface area contributed by atoms with Gasteiger partial charge >= 0.3 is 6.61 Å². The molecule has 0 aromatic heterocycles. The molecule has 0 atom stereocenters. The average Bonchev–Trinajstić information content (AvgIpc) is 2.14. The molecule has 0 radical (unpaired) electrons. The lowest BCUT2D eigenvalue weighted by Crippen LogP contribution is -2.07. The summed E-state index contributed by atoms with van der Waals surface area (Å²) in [5, 5.41) is 8.96. The number of halogens is 2. The first-order valence-electron chi connectivity index (χ1n) is 4.87. The minimum absolute atomic E-state index is 0.0165. The molecular weight excluding hydrogens is 218 g/mol. The zero-order valence-electron chi connectivity index (χ0n) is 9.11. The largest absolute Gasteiger partial charge is 0.491 e. The molecule has 0 saturated heterocycles. The van der Waals surface area contributed by atoms with Crippen molar-refractivity contribution in [2.75, 3.05) is 0 Å². The van der Waals surface area contributed by atoms with Crippen LogP contribution in [-0.2, 0) is 6.61 Å². The van der Waals surface area contributed by atoms with Crippen molar-refractivity contribution in [2.45, 2.75) is 33.2 Å². The Morgan fingerprint density at radius 1 is 1.12 bits per heavy atom. The topological polar surface area (TPSA) is 38.7 Å². The maximum Gasteiger partial charge on any atom is 0.387 e. The van der Waals surface area contributed by atoms with Crippen molar-refractivity contribution in [1.29, 1.82) is 0 Å². The Morgan fingerprint density at radius 3 is 2.12 bits per heavy atom. The van der Waals surface area contributed by atoms with Crippen molar-refractivity contribution in [2.24, 2.45) is 0 Å². The molecule has 0 spiro atoms. The smallest absolute Gasteiger partial charge is 0.387 e. The quantitative estimate of drug-likeness (QED) is 0.847. The van der Waals surface area contributed by atoms with Gasteiger partial charge in [-0.15, -0.1) is 0 Å². The zero-order valence-corrected chi connectivity index (χ0v) is 9.11. The molecule has 1 aromatic carbocycles.